The summed E-state index contributed by atoms with van der Waals surface area (Å²) >= 11 is 0. The number of aliphatic imine (C=N–C) groups is 1. The van der Waals surface area contributed by atoms with Crippen molar-refractivity contribution in [3.8, 4) is 5.75 Å². The van der Waals surface area contributed by atoms with E-state index in [0.717, 1.165) is 36.4 Å². The molecular formula is C22H33IN4O4. The Labute approximate surface area is 201 Å². The van der Waals surface area contributed by atoms with E-state index in [2.05, 4.69) is 34.6 Å². The molecule has 0 aliphatic carbocycles. The van der Waals surface area contributed by atoms with Gasteiger partial charge in [0.05, 0.1) is 33.0 Å². The molecule has 172 valence electrons. The first-order valence-corrected chi connectivity index (χ1v) is 10.3. The van der Waals surface area contributed by atoms with E-state index >= 15 is 0 Å². The largest absolute Gasteiger partial charge is 0.496 e. The van der Waals surface area contributed by atoms with E-state index in [1.807, 2.05) is 19.1 Å². The molecule has 9 heteroatoms. The highest BCUT2D eigenvalue weighted by Crippen LogP contribution is 2.23. The lowest BCUT2D eigenvalue weighted by atomic mass is 9.99. The molecule has 0 fully saturated rings. The highest BCUT2D eigenvalue weighted by Gasteiger charge is 2.14. The molecule has 2 aromatic rings. The van der Waals surface area contributed by atoms with Gasteiger partial charge in [0.1, 0.15) is 11.3 Å². The Bertz CT molecular complexity index is 850. The number of rotatable bonds is 10. The second-order valence-corrected chi connectivity index (χ2v) is 6.81. The van der Waals surface area contributed by atoms with Gasteiger partial charge in [-0.1, -0.05) is 25.1 Å². The van der Waals surface area contributed by atoms with Gasteiger partial charge in [-0.05, 0) is 37.5 Å². The molecule has 31 heavy (non-hydrogen) atoms. The van der Waals surface area contributed by atoms with Crippen LogP contribution in [0.15, 0.2) is 33.8 Å². The van der Waals surface area contributed by atoms with E-state index in [1.165, 1.54) is 14.2 Å². The topological polar surface area (TPSA) is 98.0 Å². The van der Waals surface area contributed by atoms with Gasteiger partial charge in [0.2, 0.25) is 0 Å². The molecule has 0 saturated heterocycles. The standard InChI is InChI=1S/C22H32N4O4.HI/c1-6-16(7-2)19-12-17(30-26-19)14-25-22(23-8-3)24-13-15-9-10-20(28-4)18(11-15)21(27)29-5;/h9-12,16H,6-8,13-14H2,1-5H3,(H2,23,24,25);1H. The smallest absolute Gasteiger partial charge is 0.341 e. The number of esters is 1. The van der Waals surface area contributed by atoms with Crippen LogP contribution in [0.2, 0.25) is 0 Å². The molecule has 2 rings (SSSR count). The van der Waals surface area contributed by atoms with Crippen LogP contribution < -0.4 is 15.4 Å². The number of methoxy groups -OCH3 is 2. The number of carbonyl (C=O) groups is 1. The Hall–Kier alpha value is -2.30. The van der Waals surface area contributed by atoms with Crippen LogP contribution in [-0.2, 0) is 17.8 Å². The van der Waals surface area contributed by atoms with Crippen LogP contribution in [0.5, 0.6) is 5.75 Å². The molecule has 0 atom stereocenters. The van der Waals surface area contributed by atoms with E-state index in [1.54, 1.807) is 12.1 Å². The summed E-state index contributed by atoms with van der Waals surface area (Å²) in [6.45, 7) is 7.90. The van der Waals surface area contributed by atoms with Gasteiger partial charge in [-0.25, -0.2) is 9.79 Å². The zero-order valence-corrected chi connectivity index (χ0v) is 21.2. The molecule has 0 unspecified atom stereocenters. The number of hydrogen-bond acceptors (Lipinski definition) is 6. The van der Waals surface area contributed by atoms with Gasteiger partial charge in [-0.2, -0.15) is 0 Å². The molecule has 1 aromatic heterocycles. The van der Waals surface area contributed by atoms with Crippen molar-refractivity contribution in [1.29, 1.82) is 0 Å². The third-order valence-electron chi connectivity index (χ3n) is 4.84. The zero-order chi connectivity index (χ0) is 21.9. The molecular weight excluding hydrogens is 511 g/mol. The number of benzene rings is 1. The minimum absolute atomic E-state index is 0. The number of nitrogens with zero attached hydrogens (tertiary/aromatic N) is 2. The summed E-state index contributed by atoms with van der Waals surface area (Å²) in [5.74, 6) is 1.86. The summed E-state index contributed by atoms with van der Waals surface area (Å²) < 4.78 is 15.5. The van der Waals surface area contributed by atoms with Crippen molar-refractivity contribution in [3.05, 3.63) is 46.8 Å². The van der Waals surface area contributed by atoms with Crippen LogP contribution in [-0.4, -0.2) is 37.8 Å². The third kappa shape index (κ3) is 7.71. The van der Waals surface area contributed by atoms with Gasteiger partial charge >= 0.3 is 5.97 Å². The van der Waals surface area contributed by atoms with Crippen molar-refractivity contribution in [2.75, 3.05) is 20.8 Å². The number of nitrogens with one attached hydrogen (secondary N) is 2. The van der Waals surface area contributed by atoms with Crippen molar-refractivity contribution in [1.82, 2.24) is 15.8 Å². The molecule has 2 N–H and O–H groups in total. The molecule has 1 aromatic carbocycles. The normalized spacial score (nSPS) is 11.1. The SMILES string of the molecule is CCNC(=NCc1ccc(OC)c(C(=O)OC)c1)NCc1cc(C(CC)CC)no1.I. The number of ether oxygens (including phenoxy) is 2. The molecule has 0 bridgehead atoms. The fourth-order valence-electron chi connectivity index (χ4n) is 3.12. The molecule has 0 spiro atoms. The monoisotopic (exact) mass is 544 g/mol. The predicted octanol–water partition coefficient (Wildman–Crippen LogP) is 4.25. The fourth-order valence-corrected chi connectivity index (χ4v) is 3.12. The summed E-state index contributed by atoms with van der Waals surface area (Å²) in [4.78, 5) is 16.6. The summed E-state index contributed by atoms with van der Waals surface area (Å²) in [6.07, 6.45) is 2.07. The quantitative estimate of drug-likeness (QED) is 0.200. The van der Waals surface area contributed by atoms with Gasteiger partial charge in [0.25, 0.3) is 0 Å². The number of aromatic nitrogens is 1. The van der Waals surface area contributed by atoms with E-state index in [4.69, 9.17) is 14.0 Å². The van der Waals surface area contributed by atoms with Crippen molar-refractivity contribution in [2.45, 2.75) is 52.6 Å². The summed E-state index contributed by atoms with van der Waals surface area (Å²) in [5, 5.41) is 10.7. The van der Waals surface area contributed by atoms with Gasteiger partial charge in [-0.3, -0.25) is 0 Å². The first kappa shape index (κ1) is 26.7. The van der Waals surface area contributed by atoms with Gasteiger partial charge in [-0.15, -0.1) is 24.0 Å². The highest BCUT2D eigenvalue weighted by molar-refractivity contribution is 14.0. The maximum Gasteiger partial charge on any atom is 0.341 e. The van der Waals surface area contributed by atoms with E-state index in [-0.39, 0.29) is 24.0 Å². The fraction of sp³-hybridized carbons (Fsp3) is 0.500. The van der Waals surface area contributed by atoms with Gasteiger partial charge in [0.15, 0.2) is 11.7 Å². The Morgan fingerprint density at radius 2 is 1.90 bits per heavy atom. The second-order valence-electron chi connectivity index (χ2n) is 6.81. The molecule has 0 amide bonds. The van der Waals surface area contributed by atoms with Crippen molar-refractivity contribution < 1.29 is 18.8 Å². The summed E-state index contributed by atoms with van der Waals surface area (Å²) in [6, 6.07) is 7.35. The van der Waals surface area contributed by atoms with Gasteiger partial charge < -0.3 is 24.6 Å². The van der Waals surface area contributed by atoms with Crippen molar-refractivity contribution in [2.24, 2.45) is 4.99 Å². The lowest BCUT2D eigenvalue weighted by Gasteiger charge is -2.11. The predicted molar refractivity (Wildman–Crippen MR) is 131 cm³/mol. The Morgan fingerprint density at radius 1 is 1.16 bits per heavy atom. The number of halogens is 1. The molecule has 0 saturated carbocycles. The summed E-state index contributed by atoms with van der Waals surface area (Å²) in [7, 11) is 2.86. The Kier molecular flexibility index (Phi) is 12.0. The molecule has 1 heterocycles. The highest BCUT2D eigenvalue weighted by atomic mass is 127. The van der Waals surface area contributed by atoms with Crippen LogP contribution in [0.4, 0.5) is 0 Å². The van der Waals surface area contributed by atoms with Crippen LogP contribution in [0, 0.1) is 0 Å². The van der Waals surface area contributed by atoms with E-state index in [9.17, 15) is 4.79 Å². The molecule has 0 radical (unpaired) electrons. The number of hydrogen-bond donors (Lipinski definition) is 2. The van der Waals surface area contributed by atoms with E-state index < -0.39 is 5.97 Å². The molecule has 8 nitrogen and oxygen atoms in total. The summed E-state index contributed by atoms with van der Waals surface area (Å²) in [5.41, 5.74) is 2.23. The molecule has 0 aliphatic rings. The van der Waals surface area contributed by atoms with Crippen molar-refractivity contribution in [3.63, 3.8) is 0 Å². The van der Waals surface area contributed by atoms with E-state index in [0.29, 0.717) is 36.3 Å². The first-order valence-electron chi connectivity index (χ1n) is 10.3. The van der Waals surface area contributed by atoms with Crippen LogP contribution in [0.25, 0.3) is 0 Å². The minimum atomic E-state index is -0.443. The average molecular weight is 544 g/mol. The van der Waals surface area contributed by atoms with Gasteiger partial charge in [0, 0.05) is 18.5 Å². The second kappa shape index (κ2) is 13.9. The zero-order valence-electron chi connectivity index (χ0n) is 18.9. The molecule has 0 aliphatic heterocycles. The maximum atomic E-state index is 12.0. The lowest BCUT2D eigenvalue weighted by molar-refractivity contribution is 0.0597. The minimum Gasteiger partial charge on any atom is -0.496 e. The maximum absolute atomic E-state index is 12.0. The number of carbonyl (C=O) groups excluding carboxylic acids is 1. The van der Waals surface area contributed by atoms with Crippen LogP contribution in [0.3, 0.4) is 0 Å². The Morgan fingerprint density at radius 3 is 2.52 bits per heavy atom. The lowest BCUT2D eigenvalue weighted by Crippen LogP contribution is -2.36. The van der Waals surface area contributed by atoms with Crippen molar-refractivity contribution >= 4 is 35.9 Å². The average Bonchev–Trinajstić information content (AvgIpc) is 3.24. The van der Waals surface area contributed by atoms with Crippen LogP contribution in [0.1, 0.15) is 66.9 Å². The number of guanidine groups is 1. The Balaban J connectivity index is 0.00000480. The van der Waals surface area contributed by atoms with Crippen LogP contribution >= 0.6 is 24.0 Å². The first-order chi connectivity index (χ1) is 14.6. The third-order valence-corrected chi connectivity index (χ3v) is 4.84.